The molecule has 0 aliphatic rings. The van der Waals surface area contributed by atoms with Crippen LogP contribution >= 0.6 is 11.6 Å². The minimum absolute atomic E-state index is 0.0128. The molecule has 5 nitrogen and oxygen atoms in total. The summed E-state index contributed by atoms with van der Waals surface area (Å²) in [7, 11) is 0. The van der Waals surface area contributed by atoms with Gasteiger partial charge in [0.15, 0.2) is 17.0 Å². The first-order chi connectivity index (χ1) is 11.2. The van der Waals surface area contributed by atoms with Gasteiger partial charge in [0.25, 0.3) is 0 Å². The third kappa shape index (κ3) is 2.09. The van der Waals surface area contributed by atoms with Crippen molar-refractivity contribution in [2.24, 2.45) is 0 Å². The number of hydrogen-bond acceptors (Lipinski definition) is 4. The Balaban J connectivity index is 1.98. The molecule has 0 amide bonds. The Kier molecular flexibility index (Phi) is 3.09. The summed E-state index contributed by atoms with van der Waals surface area (Å²) in [5.41, 5.74) is 1.52. The van der Waals surface area contributed by atoms with Gasteiger partial charge >= 0.3 is 0 Å². The van der Waals surface area contributed by atoms with Gasteiger partial charge in [0, 0.05) is 15.8 Å². The van der Waals surface area contributed by atoms with E-state index < -0.39 is 0 Å². The van der Waals surface area contributed by atoms with E-state index in [0.717, 1.165) is 5.56 Å². The molecule has 0 aliphatic heterocycles. The van der Waals surface area contributed by atoms with Gasteiger partial charge in [0.05, 0.1) is 6.54 Å². The van der Waals surface area contributed by atoms with Gasteiger partial charge in [0.1, 0.15) is 5.52 Å². The summed E-state index contributed by atoms with van der Waals surface area (Å²) in [5, 5.41) is 30.8. The number of phenolic OH excluding ortho intramolecular Hbond substituents is 2. The molecule has 1 heterocycles. The minimum atomic E-state index is 0.0128. The molecule has 0 radical (unpaired) electrons. The first kappa shape index (κ1) is 13.8. The minimum Gasteiger partial charge on any atom is -0.505 e. The van der Waals surface area contributed by atoms with Gasteiger partial charge < -0.3 is 10.2 Å². The molecule has 0 aliphatic carbocycles. The van der Waals surface area contributed by atoms with Gasteiger partial charge in [-0.25, -0.2) is 4.68 Å². The van der Waals surface area contributed by atoms with Crippen LogP contribution in [-0.2, 0) is 6.54 Å². The molecule has 0 saturated carbocycles. The monoisotopic (exact) mass is 325 g/mol. The topological polar surface area (TPSA) is 71.2 Å². The molecular weight excluding hydrogens is 314 g/mol. The molecule has 4 aromatic rings. The lowest BCUT2D eigenvalue weighted by molar-refractivity contribution is 0.475. The summed E-state index contributed by atoms with van der Waals surface area (Å²) < 4.78 is 1.54. The molecule has 0 spiro atoms. The van der Waals surface area contributed by atoms with Gasteiger partial charge in [-0.2, -0.15) is 0 Å². The SMILES string of the molecule is Oc1c2ccccc2c(O)c2c1nnn2Cc1ccccc1Cl. The summed E-state index contributed by atoms with van der Waals surface area (Å²) >= 11 is 6.19. The van der Waals surface area contributed by atoms with E-state index in [1.54, 1.807) is 30.3 Å². The summed E-state index contributed by atoms with van der Waals surface area (Å²) in [4.78, 5) is 0. The van der Waals surface area contributed by atoms with E-state index in [2.05, 4.69) is 10.3 Å². The molecule has 0 saturated heterocycles. The first-order valence-corrected chi connectivity index (χ1v) is 7.44. The van der Waals surface area contributed by atoms with Gasteiger partial charge in [-0.1, -0.05) is 59.3 Å². The smallest absolute Gasteiger partial charge is 0.159 e. The Labute approximate surface area is 136 Å². The Morgan fingerprint density at radius 1 is 0.913 bits per heavy atom. The third-order valence-corrected chi connectivity index (χ3v) is 4.27. The van der Waals surface area contributed by atoms with Crippen molar-refractivity contribution in [3.63, 3.8) is 0 Å². The Bertz CT molecular complexity index is 1040. The first-order valence-electron chi connectivity index (χ1n) is 7.06. The zero-order valence-corrected chi connectivity index (χ0v) is 12.7. The molecule has 4 rings (SSSR count). The zero-order valence-electron chi connectivity index (χ0n) is 11.9. The molecule has 0 fully saturated rings. The second kappa shape index (κ2) is 5.14. The van der Waals surface area contributed by atoms with E-state index in [-0.39, 0.29) is 17.0 Å². The van der Waals surface area contributed by atoms with Crippen molar-refractivity contribution in [3.05, 3.63) is 59.1 Å². The van der Waals surface area contributed by atoms with E-state index >= 15 is 0 Å². The molecule has 2 N–H and O–H groups in total. The van der Waals surface area contributed by atoms with Gasteiger partial charge in [-0.3, -0.25) is 0 Å². The quantitative estimate of drug-likeness (QED) is 0.551. The molecule has 1 aromatic heterocycles. The Morgan fingerprint density at radius 3 is 2.30 bits per heavy atom. The van der Waals surface area contributed by atoms with Crippen molar-refractivity contribution >= 4 is 33.4 Å². The molecule has 0 unspecified atom stereocenters. The van der Waals surface area contributed by atoms with Crippen molar-refractivity contribution in [2.75, 3.05) is 0 Å². The highest BCUT2D eigenvalue weighted by molar-refractivity contribution is 6.31. The van der Waals surface area contributed by atoms with E-state index in [4.69, 9.17) is 11.6 Å². The maximum absolute atomic E-state index is 10.6. The van der Waals surface area contributed by atoms with Crippen LogP contribution in [0.4, 0.5) is 0 Å². The highest BCUT2D eigenvalue weighted by Gasteiger charge is 2.19. The maximum Gasteiger partial charge on any atom is 0.159 e. The van der Waals surface area contributed by atoms with Crippen LogP contribution in [0.1, 0.15) is 5.56 Å². The fraction of sp³-hybridized carbons (Fsp3) is 0.0588. The van der Waals surface area contributed by atoms with Crippen LogP contribution in [0.5, 0.6) is 11.5 Å². The summed E-state index contributed by atoms with van der Waals surface area (Å²) in [5.74, 6) is 0.0595. The van der Waals surface area contributed by atoms with Crippen molar-refractivity contribution in [1.82, 2.24) is 15.0 Å². The lowest BCUT2D eigenvalue weighted by Crippen LogP contribution is -2.02. The molecule has 0 bridgehead atoms. The Morgan fingerprint density at radius 2 is 1.57 bits per heavy atom. The van der Waals surface area contributed by atoms with Crippen LogP contribution in [-0.4, -0.2) is 25.2 Å². The number of rotatable bonds is 2. The van der Waals surface area contributed by atoms with E-state index in [1.807, 2.05) is 18.2 Å². The van der Waals surface area contributed by atoms with Crippen LogP contribution < -0.4 is 0 Å². The summed E-state index contributed by atoms with van der Waals surface area (Å²) in [6.07, 6.45) is 0. The fourth-order valence-corrected chi connectivity index (χ4v) is 2.95. The lowest BCUT2D eigenvalue weighted by Gasteiger charge is -2.08. The highest BCUT2D eigenvalue weighted by atomic mass is 35.5. The summed E-state index contributed by atoms with van der Waals surface area (Å²) in [6.45, 7) is 0.349. The van der Waals surface area contributed by atoms with E-state index in [9.17, 15) is 10.2 Å². The maximum atomic E-state index is 10.6. The van der Waals surface area contributed by atoms with E-state index in [1.165, 1.54) is 4.68 Å². The second-order valence-electron chi connectivity index (χ2n) is 5.28. The van der Waals surface area contributed by atoms with Crippen LogP contribution in [0.2, 0.25) is 5.02 Å². The molecule has 3 aromatic carbocycles. The highest BCUT2D eigenvalue weighted by Crippen LogP contribution is 2.40. The number of benzene rings is 3. The zero-order chi connectivity index (χ0) is 16.0. The van der Waals surface area contributed by atoms with Gasteiger partial charge in [0.2, 0.25) is 0 Å². The predicted molar refractivity (Wildman–Crippen MR) is 88.9 cm³/mol. The number of nitrogens with zero attached hydrogens (tertiary/aromatic N) is 3. The average Bonchev–Trinajstić information content (AvgIpc) is 2.99. The predicted octanol–water partition coefficient (Wildman–Crippen LogP) is 3.70. The number of hydrogen-bond donors (Lipinski definition) is 2. The lowest BCUT2D eigenvalue weighted by atomic mass is 10.1. The van der Waals surface area contributed by atoms with Crippen molar-refractivity contribution in [1.29, 1.82) is 0 Å². The van der Waals surface area contributed by atoms with Gasteiger partial charge in [-0.15, -0.1) is 5.10 Å². The van der Waals surface area contributed by atoms with Crippen molar-refractivity contribution in [3.8, 4) is 11.5 Å². The van der Waals surface area contributed by atoms with E-state index in [0.29, 0.717) is 27.9 Å². The third-order valence-electron chi connectivity index (χ3n) is 3.90. The van der Waals surface area contributed by atoms with Crippen LogP contribution in [0.15, 0.2) is 48.5 Å². The van der Waals surface area contributed by atoms with Gasteiger partial charge in [-0.05, 0) is 11.6 Å². The molecule has 0 atom stereocenters. The molecule has 6 heteroatoms. The number of aromatic hydroxyl groups is 2. The average molecular weight is 326 g/mol. The molecular formula is C17H12ClN3O2. The standard InChI is InChI=1S/C17H12ClN3O2/c18-13-8-4-1-5-10(13)9-21-15-14(19-20-21)16(22)11-6-2-3-7-12(11)17(15)23/h1-8,22-23H,9H2. The van der Waals surface area contributed by atoms with Crippen LogP contribution in [0.25, 0.3) is 21.8 Å². The second-order valence-corrected chi connectivity index (χ2v) is 5.69. The summed E-state index contributed by atoms with van der Waals surface area (Å²) in [6, 6.07) is 14.5. The van der Waals surface area contributed by atoms with Crippen LogP contribution in [0.3, 0.4) is 0 Å². The largest absolute Gasteiger partial charge is 0.505 e. The number of phenols is 2. The fourth-order valence-electron chi connectivity index (χ4n) is 2.76. The normalized spacial score (nSPS) is 11.3. The molecule has 114 valence electrons. The number of aromatic nitrogens is 3. The number of halogens is 1. The van der Waals surface area contributed by atoms with Crippen LogP contribution in [0, 0.1) is 0 Å². The number of fused-ring (bicyclic) bond motifs is 2. The Hall–Kier alpha value is -2.79. The molecule has 23 heavy (non-hydrogen) atoms. The van der Waals surface area contributed by atoms with Crippen molar-refractivity contribution < 1.29 is 10.2 Å². The van der Waals surface area contributed by atoms with Crippen molar-refractivity contribution in [2.45, 2.75) is 6.54 Å².